The normalized spacial score (nSPS) is 21.3. The molecule has 1 saturated carbocycles. The molecule has 4 nitrogen and oxygen atoms in total. The highest BCUT2D eigenvalue weighted by atomic mass is 79.9. The number of nitrogens with zero attached hydrogens (tertiary/aromatic N) is 2. The number of amides is 1. The number of nitrogens with one attached hydrogen (secondary N) is 1. The van der Waals surface area contributed by atoms with Gasteiger partial charge in [0.25, 0.3) is 5.91 Å². The molecule has 126 valence electrons. The van der Waals surface area contributed by atoms with Crippen LogP contribution in [0, 0.1) is 6.92 Å². The third-order valence-corrected chi connectivity index (χ3v) is 5.56. The Labute approximate surface area is 150 Å². The SMILES string of the molecule is Cc1c(C2CC2)nc2ccc(Br)cc2c1C(=O)N1CCNC(C)C1. The summed E-state index contributed by atoms with van der Waals surface area (Å²) < 4.78 is 0.984. The molecule has 0 bridgehead atoms. The van der Waals surface area contributed by atoms with Crippen molar-refractivity contribution >= 4 is 32.7 Å². The predicted molar refractivity (Wildman–Crippen MR) is 99.5 cm³/mol. The molecule has 0 radical (unpaired) electrons. The Kier molecular flexibility index (Phi) is 4.09. The van der Waals surface area contributed by atoms with Gasteiger partial charge in [-0.3, -0.25) is 9.78 Å². The van der Waals surface area contributed by atoms with Crippen LogP contribution in [0.5, 0.6) is 0 Å². The second-order valence-electron chi connectivity index (χ2n) is 7.04. The quantitative estimate of drug-likeness (QED) is 0.855. The number of aromatic nitrogens is 1. The molecule has 1 unspecified atom stereocenters. The summed E-state index contributed by atoms with van der Waals surface area (Å²) in [6, 6.07) is 6.39. The van der Waals surface area contributed by atoms with Crippen molar-refractivity contribution in [1.82, 2.24) is 15.2 Å². The van der Waals surface area contributed by atoms with Gasteiger partial charge < -0.3 is 10.2 Å². The van der Waals surface area contributed by atoms with E-state index in [9.17, 15) is 4.79 Å². The molecule has 2 aliphatic rings. The summed E-state index contributed by atoms with van der Waals surface area (Å²) >= 11 is 3.54. The van der Waals surface area contributed by atoms with Crippen LogP contribution in [0.25, 0.3) is 10.9 Å². The van der Waals surface area contributed by atoms with Crippen molar-refractivity contribution in [2.45, 2.75) is 38.6 Å². The van der Waals surface area contributed by atoms with E-state index in [2.05, 4.69) is 35.1 Å². The molecule has 2 heterocycles. The monoisotopic (exact) mass is 387 g/mol. The first kappa shape index (κ1) is 16.0. The minimum absolute atomic E-state index is 0.147. The predicted octanol–water partition coefficient (Wildman–Crippen LogP) is 3.62. The van der Waals surface area contributed by atoms with Crippen LogP contribution in [0.2, 0.25) is 0 Å². The fraction of sp³-hybridized carbons (Fsp3) is 0.474. The lowest BCUT2D eigenvalue weighted by Gasteiger charge is -2.32. The number of fused-ring (bicyclic) bond motifs is 1. The number of benzene rings is 1. The summed E-state index contributed by atoms with van der Waals surface area (Å²) in [5.41, 5.74) is 3.96. The number of carbonyl (C=O) groups excluding carboxylic acids is 1. The lowest BCUT2D eigenvalue weighted by atomic mass is 9.98. The largest absolute Gasteiger partial charge is 0.336 e. The van der Waals surface area contributed by atoms with Crippen LogP contribution in [-0.4, -0.2) is 41.5 Å². The number of hydrogen-bond acceptors (Lipinski definition) is 3. The van der Waals surface area contributed by atoms with Crippen LogP contribution in [0.4, 0.5) is 0 Å². The van der Waals surface area contributed by atoms with Crippen LogP contribution >= 0.6 is 15.9 Å². The summed E-state index contributed by atoms with van der Waals surface area (Å²) in [5, 5.41) is 4.37. The lowest BCUT2D eigenvalue weighted by molar-refractivity contribution is 0.0710. The summed E-state index contributed by atoms with van der Waals surface area (Å²) in [7, 11) is 0. The first-order chi connectivity index (χ1) is 11.5. The maximum Gasteiger partial charge on any atom is 0.254 e. The molecular weight excluding hydrogens is 366 g/mol. The van der Waals surface area contributed by atoms with Gasteiger partial charge in [-0.25, -0.2) is 0 Å². The van der Waals surface area contributed by atoms with Crippen molar-refractivity contribution in [3.63, 3.8) is 0 Å². The number of hydrogen-bond donors (Lipinski definition) is 1. The van der Waals surface area contributed by atoms with E-state index >= 15 is 0 Å². The molecule has 1 aliphatic heterocycles. The zero-order chi connectivity index (χ0) is 16.8. The van der Waals surface area contributed by atoms with Gasteiger partial charge >= 0.3 is 0 Å². The molecule has 2 fully saturated rings. The first-order valence-electron chi connectivity index (χ1n) is 8.67. The highest BCUT2D eigenvalue weighted by molar-refractivity contribution is 9.10. The van der Waals surface area contributed by atoms with E-state index in [-0.39, 0.29) is 5.91 Å². The van der Waals surface area contributed by atoms with Gasteiger partial charge in [0.15, 0.2) is 0 Å². The standard InChI is InChI=1S/C19H22BrN3O/c1-11-10-23(8-7-21-11)19(24)17-12(2)18(13-3-4-13)22-16-6-5-14(20)9-15(16)17/h5-6,9,11,13,21H,3-4,7-8,10H2,1-2H3. The van der Waals surface area contributed by atoms with Crippen molar-refractivity contribution in [1.29, 1.82) is 0 Å². The average Bonchev–Trinajstić information content (AvgIpc) is 3.38. The molecule has 1 N–H and O–H groups in total. The fourth-order valence-electron chi connectivity index (χ4n) is 3.65. The van der Waals surface area contributed by atoms with Crippen molar-refractivity contribution in [3.05, 3.63) is 39.5 Å². The molecule has 0 spiro atoms. The number of piperazine rings is 1. The van der Waals surface area contributed by atoms with E-state index in [1.165, 1.54) is 12.8 Å². The molecule has 1 aliphatic carbocycles. The van der Waals surface area contributed by atoms with Crippen LogP contribution in [0.1, 0.15) is 47.3 Å². The van der Waals surface area contributed by atoms with E-state index in [1.807, 2.05) is 23.1 Å². The maximum absolute atomic E-state index is 13.3. The average molecular weight is 388 g/mol. The fourth-order valence-corrected chi connectivity index (χ4v) is 4.02. The molecule has 1 amide bonds. The van der Waals surface area contributed by atoms with Gasteiger partial charge in [-0.05, 0) is 50.5 Å². The second kappa shape index (κ2) is 6.12. The Morgan fingerprint density at radius 1 is 1.38 bits per heavy atom. The Balaban J connectivity index is 1.86. The molecule has 2 aromatic rings. The Hall–Kier alpha value is -1.46. The zero-order valence-corrected chi connectivity index (χ0v) is 15.7. The molecule has 5 heteroatoms. The Morgan fingerprint density at radius 3 is 2.88 bits per heavy atom. The molecule has 1 aromatic heterocycles. The van der Waals surface area contributed by atoms with Crippen LogP contribution in [-0.2, 0) is 0 Å². The van der Waals surface area contributed by atoms with Crippen LogP contribution in [0.15, 0.2) is 22.7 Å². The van der Waals surface area contributed by atoms with E-state index in [4.69, 9.17) is 4.98 Å². The number of pyridine rings is 1. The topological polar surface area (TPSA) is 45.2 Å². The van der Waals surface area contributed by atoms with Gasteiger partial charge in [-0.2, -0.15) is 0 Å². The minimum atomic E-state index is 0.147. The van der Waals surface area contributed by atoms with Crippen LogP contribution < -0.4 is 5.32 Å². The van der Waals surface area contributed by atoms with E-state index in [0.29, 0.717) is 12.0 Å². The van der Waals surface area contributed by atoms with Gasteiger partial charge in [0.05, 0.1) is 11.1 Å². The van der Waals surface area contributed by atoms with Gasteiger partial charge in [0.2, 0.25) is 0 Å². The number of halogens is 1. The third kappa shape index (κ3) is 2.84. The van der Waals surface area contributed by atoms with Crippen molar-refractivity contribution in [2.24, 2.45) is 0 Å². The van der Waals surface area contributed by atoms with Gasteiger partial charge in [0, 0.05) is 47.1 Å². The number of rotatable bonds is 2. The lowest BCUT2D eigenvalue weighted by Crippen LogP contribution is -2.51. The first-order valence-corrected chi connectivity index (χ1v) is 9.46. The van der Waals surface area contributed by atoms with Crippen molar-refractivity contribution < 1.29 is 4.79 Å². The molecule has 24 heavy (non-hydrogen) atoms. The zero-order valence-electron chi connectivity index (χ0n) is 14.1. The smallest absolute Gasteiger partial charge is 0.254 e. The molecular formula is C19H22BrN3O. The van der Waals surface area contributed by atoms with Crippen LogP contribution in [0.3, 0.4) is 0 Å². The van der Waals surface area contributed by atoms with E-state index in [1.54, 1.807) is 0 Å². The summed E-state index contributed by atoms with van der Waals surface area (Å²) in [5.74, 6) is 0.680. The highest BCUT2D eigenvalue weighted by Crippen LogP contribution is 2.42. The van der Waals surface area contributed by atoms with E-state index < -0.39 is 0 Å². The van der Waals surface area contributed by atoms with Crippen molar-refractivity contribution in [3.8, 4) is 0 Å². The highest BCUT2D eigenvalue weighted by Gasteiger charge is 2.31. The van der Waals surface area contributed by atoms with Gasteiger partial charge in [0.1, 0.15) is 0 Å². The third-order valence-electron chi connectivity index (χ3n) is 5.06. The molecule has 1 saturated heterocycles. The van der Waals surface area contributed by atoms with Gasteiger partial charge in [-0.15, -0.1) is 0 Å². The Bertz CT molecular complexity index is 816. The molecule has 1 aromatic carbocycles. The second-order valence-corrected chi connectivity index (χ2v) is 7.95. The molecule has 1 atom stereocenters. The van der Waals surface area contributed by atoms with Gasteiger partial charge in [-0.1, -0.05) is 15.9 Å². The number of carbonyl (C=O) groups is 1. The summed E-state index contributed by atoms with van der Waals surface area (Å²) in [4.78, 5) is 20.2. The molecule has 4 rings (SSSR count). The maximum atomic E-state index is 13.3. The van der Waals surface area contributed by atoms with E-state index in [0.717, 1.165) is 51.8 Å². The Morgan fingerprint density at radius 2 is 2.17 bits per heavy atom. The summed E-state index contributed by atoms with van der Waals surface area (Å²) in [6.45, 7) is 6.57. The minimum Gasteiger partial charge on any atom is -0.336 e. The van der Waals surface area contributed by atoms with Crippen molar-refractivity contribution in [2.75, 3.05) is 19.6 Å². The summed E-state index contributed by atoms with van der Waals surface area (Å²) in [6.07, 6.45) is 2.38.